The van der Waals surface area contributed by atoms with Crippen molar-refractivity contribution in [1.82, 2.24) is 9.78 Å². The van der Waals surface area contributed by atoms with Crippen LogP contribution in [0.15, 0.2) is 77.0 Å². The van der Waals surface area contributed by atoms with E-state index in [0.29, 0.717) is 5.02 Å². The average molecular weight is 415 g/mol. The SMILES string of the molecule is CS(=O)(=O)c1ccc(-n2nc(-c3ccc(Cl)cc3)cc2-c2cccs2)cc1. The Morgan fingerprint density at radius 3 is 2.30 bits per heavy atom. The predicted octanol–water partition coefficient (Wildman–Crippen LogP) is 5.32. The number of nitrogens with zero attached hydrogens (tertiary/aromatic N) is 2. The van der Waals surface area contributed by atoms with Crippen molar-refractivity contribution in [3.8, 4) is 27.5 Å². The lowest BCUT2D eigenvalue weighted by Crippen LogP contribution is -2.01. The van der Waals surface area contributed by atoms with Gasteiger partial charge in [0, 0.05) is 16.8 Å². The van der Waals surface area contributed by atoms with Crippen LogP contribution in [0.3, 0.4) is 0 Å². The van der Waals surface area contributed by atoms with Gasteiger partial charge in [-0.05, 0) is 53.9 Å². The molecule has 4 rings (SSSR count). The number of benzene rings is 2. The molecule has 0 aliphatic carbocycles. The lowest BCUT2D eigenvalue weighted by Gasteiger charge is -2.07. The molecule has 4 aromatic rings. The van der Waals surface area contributed by atoms with E-state index >= 15 is 0 Å². The first-order valence-electron chi connectivity index (χ1n) is 8.12. The van der Waals surface area contributed by atoms with Crippen LogP contribution < -0.4 is 0 Å². The van der Waals surface area contributed by atoms with Gasteiger partial charge in [0.2, 0.25) is 0 Å². The molecular formula is C20H15ClN2O2S2. The zero-order valence-corrected chi connectivity index (χ0v) is 16.7. The standard InChI is InChI=1S/C20H15ClN2O2S2/c1-27(24,25)17-10-8-16(9-11-17)23-19(20-3-2-12-26-20)13-18(22-23)14-4-6-15(21)7-5-14/h2-13H,1H3. The monoisotopic (exact) mass is 414 g/mol. The average Bonchev–Trinajstić information content (AvgIpc) is 3.31. The summed E-state index contributed by atoms with van der Waals surface area (Å²) in [5, 5.41) is 7.45. The largest absolute Gasteiger partial charge is 0.232 e. The summed E-state index contributed by atoms with van der Waals surface area (Å²) in [6.45, 7) is 0. The quantitative estimate of drug-likeness (QED) is 0.453. The fourth-order valence-corrected chi connectivity index (χ4v) is 4.26. The molecule has 27 heavy (non-hydrogen) atoms. The van der Waals surface area contributed by atoms with Crippen LogP contribution in [0.2, 0.25) is 5.02 Å². The first kappa shape index (κ1) is 18.0. The van der Waals surface area contributed by atoms with Crippen molar-refractivity contribution in [2.24, 2.45) is 0 Å². The lowest BCUT2D eigenvalue weighted by atomic mass is 10.1. The smallest absolute Gasteiger partial charge is 0.175 e. The molecule has 0 amide bonds. The maximum Gasteiger partial charge on any atom is 0.175 e. The fourth-order valence-electron chi connectivity index (χ4n) is 2.77. The topological polar surface area (TPSA) is 52.0 Å². The molecule has 0 N–H and O–H groups in total. The second-order valence-corrected chi connectivity index (χ2v) is 9.48. The van der Waals surface area contributed by atoms with Crippen molar-refractivity contribution in [2.75, 3.05) is 6.26 Å². The first-order valence-corrected chi connectivity index (χ1v) is 11.3. The Hall–Kier alpha value is -2.41. The Morgan fingerprint density at radius 2 is 1.70 bits per heavy atom. The van der Waals surface area contributed by atoms with Gasteiger partial charge in [-0.1, -0.05) is 29.8 Å². The Labute approximate surface area is 166 Å². The summed E-state index contributed by atoms with van der Waals surface area (Å²) in [4.78, 5) is 1.36. The van der Waals surface area contributed by atoms with E-state index in [2.05, 4.69) is 0 Å². The van der Waals surface area contributed by atoms with Gasteiger partial charge in [-0.25, -0.2) is 13.1 Å². The molecule has 0 radical (unpaired) electrons. The van der Waals surface area contributed by atoms with Crippen molar-refractivity contribution >= 4 is 32.8 Å². The molecule has 0 saturated carbocycles. The fraction of sp³-hybridized carbons (Fsp3) is 0.0500. The van der Waals surface area contributed by atoms with Crippen molar-refractivity contribution in [2.45, 2.75) is 4.90 Å². The summed E-state index contributed by atoms with van der Waals surface area (Å²) in [5.41, 5.74) is 3.53. The van der Waals surface area contributed by atoms with Gasteiger partial charge in [-0.2, -0.15) is 5.10 Å². The molecular weight excluding hydrogens is 400 g/mol. The molecule has 2 aromatic heterocycles. The highest BCUT2D eigenvalue weighted by molar-refractivity contribution is 7.90. The molecule has 0 unspecified atom stereocenters. The summed E-state index contributed by atoms with van der Waals surface area (Å²) in [7, 11) is -3.24. The van der Waals surface area contributed by atoms with Gasteiger partial charge in [0.1, 0.15) is 0 Å². The van der Waals surface area contributed by atoms with Crippen LogP contribution in [0.25, 0.3) is 27.5 Å². The Morgan fingerprint density at radius 1 is 1.00 bits per heavy atom. The van der Waals surface area contributed by atoms with Crippen molar-refractivity contribution in [3.63, 3.8) is 0 Å². The second kappa shape index (κ2) is 6.96. The first-order chi connectivity index (χ1) is 12.9. The van der Waals surface area contributed by atoms with Crippen molar-refractivity contribution in [3.05, 3.63) is 77.1 Å². The van der Waals surface area contributed by atoms with E-state index in [1.165, 1.54) is 6.26 Å². The van der Waals surface area contributed by atoms with Crippen molar-refractivity contribution < 1.29 is 8.42 Å². The maximum atomic E-state index is 11.7. The van der Waals surface area contributed by atoms with Gasteiger partial charge in [-0.3, -0.25) is 0 Å². The highest BCUT2D eigenvalue weighted by Crippen LogP contribution is 2.32. The summed E-state index contributed by atoms with van der Waals surface area (Å²) in [6.07, 6.45) is 1.20. The van der Waals surface area contributed by atoms with E-state index in [0.717, 1.165) is 27.5 Å². The van der Waals surface area contributed by atoms with E-state index < -0.39 is 9.84 Å². The zero-order chi connectivity index (χ0) is 19.0. The highest BCUT2D eigenvalue weighted by atomic mass is 35.5. The minimum atomic E-state index is -3.24. The molecule has 0 aliphatic rings. The van der Waals surface area contributed by atoms with Crippen molar-refractivity contribution in [1.29, 1.82) is 0 Å². The number of hydrogen-bond donors (Lipinski definition) is 0. The third kappa shape index (κ3) is 3.69. The number of hydrogen-bond acceptors (Lipinski definition) is 4. The third-order valence-corrected chi connectivity index (χ3v) is 6.41. The van der Waals surface area contributed by atoms with Gasteiger partial charge < -0.3 is 0 Å². The van der Waals surface area contributed by atoms with Gasteiger partial charge in [-0.15, -0.1) is 11.3 Å². The van der Waals surface area contributed by atoms with Gasteiger partial charge in [0.25, 0.3) is 0 Å². The van der Waals surface area contributed by atoms with E-state index in [1.54, 1.807) is 35.6 Å². The number of halogens is 1. The minimum Gasteiger partial charge on any atom is -0.232 e. The van der Waals surface area contributed by atoms with Gasteiger partial charge in [0.05, 0.1) is 26.8 Å². The van der Waals surface area contributed by atoms with Crippen LogP contribution in [-0.2, 0) is 9.84 Å². The van der Waals surface area contributed by atoms with Crippen LogP contribution in [0.1, 0.15) is 0 Å². The molecule has 4 nitrogen and oxygen atoms in total. The Kier molecular flexibility index (Phi) is 4.63. The van der Waals surface area contributed by atoms with Crippen LogP contribution in [0.5, 0.6) is 0 Å². The second-order valence-electron chi connectivity index (χ2n) is 6.08. The number of sulfone groups is 1. The molecule has 0 atom stereocenters. The summed E-state index contributed by atoms with van der Waals surface area (Å²) < 4.78 is 25.3. The van der Waals surface area contributed by atoms with E-state index in [4.69, 9.17) is 16.7 Å². The molecule has 7 heteroatoms. The van der Waals surface area contributed by atoms with E-state index in [9.17, 15) is 8.42 Å². The van der Waals surface area contributed by atoms with E-state index in [1.807, 2.05) is 52.5 Å². The van der Waals surface area contributed by atoms with Crippen LogP contribution in [0.4, 0.5) is 0 Å². The summed E-state index contributed by atoms with van der Waals surface area (Å²) in [6, 6.07) is 20.3. The lowest BCUT2D eigenvalue weighted by molar-refractivity contribution is 0.602. The van der Waals surface area contributed by atoms with Crippen LogP contribution in [0, 0.1) is 0 Å². The van der Waals surface area contributed by atoms with E-state index in [-0.39, 0.29) is 4.90 Å². The molecule has 0 aliphatic heterocycles. The zero-order valence-electron chi connectivity index (χ0n) is 14.3. The van der Waals surface area contributed by atoms with Gasteiger partial charge >= 0.3 is 0 Å². The third-order valence-electron chi connectivity index (χ3n) is 4.13. The molecule has 136 valence electrons. The molecule has 0 saturated heterocycles. The number of thiophene rings is 1. The number of rotatable bonds is 4. The van der Waals surface area contributed by atoms with Crippen LogP contribution in [-0.4, -0.2) is 24.5 Å². The Balaban J connectivity index is 1.85. The molecule has 0 spiro atoms. The molecule has 0 fully saturated rings. The predicted molar refractivity (Wildman–Crippen MR) is 110 cm³/mol. The molecule has 2 heterocycles. The number of aromatic nitrogens is 2. The summed E-state index contributed by atoms with van der Waals surface area (Å²) >= 11 is 7.62. The molecule has 0 bridgehead atoms. The maximum absolute atomic E-state index is 11.7. The minimum absolute atomic E-state index is 0.286. The highest BCUT2D eigenvalue weighted by Gasteiger charge is 2.15. The van der Waals surface area contributed by atoms with Gasteiger partial charge in [0.15, 0.2) is 9.84 Å². The summed E-state index contributed by atoms with van der Waals surface area (Å²) in [5.74, 6) is 0. The Bertz CT molecular complexity index is 1180. The normalized spacial score (nSPS) is 11.6. The van der Waals surface area contributed by atoms with Crippen LogP contribution >= 0.6 is 22.9 Å². The molecule has 2 aromatic carbocycles.